The highest BCUT2D eigenvalue weighted by Crippen LogP contribution is 2.42. The van der Waals surface area contributed by atoms with E-state index in [0.717, 1.165) is 23.4 Å². The number of anilines is 1. The predicted molar refractivity (Wildman–Crippen MR) is 96.6 cm³/mol. The Labute approximate surface area is 149 Å². The molecule has 0 fully saturated rings. The molecular formula is C18H18N4O2S. The number of thioether (sulfide) groups is 1. The van der Waals surface area contributed by atoms with Crippen molar-refractivity contribution in [2.75, 3.05) is 11.1 Å². The zero-order valence-electron chi connectivity index (χ0n) is 13.6. The van der Waals surface area contributed by atoms with Gasteiger partial charge in [0.05, 0.1) is 12.0 Å². The topological polar surface area (TPSA) is 80.0 Å². The number of aromatic hydroxyl groups is 1. The summed E-state index contributed by atoms with van der Waals surface area (Å²) in [5.74, 6) is 1.46. The van der Waals surface area contributed by atoms with Gasteiger partial charge in [0.25, 0.3) is 0 Å². The first-order valence-electron chi connectivity index (χ1n) is 8.16. The van der Waals surface area contributed by atoms with Gasteiger partial charge in [-0.25, -0.2) is 4.68 Å². The number of carbonyl (C=O) groups is 1. The van der Waals surface area contributed by atoms with E-state index in [-0.39, 0.29) is 23.5 Å². The number of Topliss-reactive ketones (excluding diaryl/α,β-unsaturated/α-hetero) is 1. The average molecular weight is 354 g/mol. The summed E-state index contributed by atoms with van der Waals surface area (Å²) in [5, 5.41) is 18.1. The zero-order chi connectivity index (χ0) is 17.4. The molecule has 2 aromatic rings. The van der Waals surface area contributed by atoms with Gasteiger partial charge in [-0.1, -0.05) is 36.0 Å². The SMILES string of the molecule is C=CCSc1nc2n(n1)C(c1ccc(O)cc1)C1C(=O)CCC=C1N2. The molecule has 0 amide bonds. The Bertz CT molecular complexity index is 856. The Hall–Kier alpha value is -2.54. The summed E-state index contributed by atoms with van der Waals surface area (Å²) in [4.78, 5) is 17.2. The highest BCUT2D eigenvalue weighted by atomic mass is 32.2. The third-order valence-corrected chi connectivity index (χ3v) is 5.28. The maximum absolute atomic E-state index is 12.7. The highest BCUT2D eigenvalue weighted by Gasteiger charge is 2.41. The summed E-state index contributed by atoms with van der Waals surface area (Å²) in [5.41, 5.74) is 1.83. The molecule has 0 spiro atoms. The molecule has 128 valence electrons. The van der Waals surface area contributed by atoms with Crippen LogP contribution in [0.5, 0.6) is 5.75 Å². The lowest BCUT2D eigenvalue weighted by Gasteiger charge is -2.36. The average Bonchev–Trinajstić information content (AvgIpc) is 3.01. The van der Waals surface area contributed by atoms with Crippen LogP contribution >= 0.6 is 11.8 Å². The number of ketones is 1. The summed E-state index contributed by atoms with van der Waals surface area (Å²) in [7, 11) is 0. The van der Waals surface area contributed by atoms with Crippen LogP contribution in [0, 0.1) is 5.92 Å². The van der Waals surface area contributed by atoms with Crippen LogP contribution in [0.25, 0.3) is 0 Å². The third kappa shape index (κ3) is 2.84. The normalized spacial score (nSPS) is 21.8. The van der Waals surface area contributed by atoms with E-state index in [9.17, 15) is 9.90 Å². The lowest BCUT2D eigenvalue weighted by Crippen LogP contribution is -2.38. The van der Waals surface area contributed by atoms with Crippen molar-refractivity contribution in [3.63, 3.8) is 0 Å². The van der Waals surface area contributed by atoms with E-state index in [1.165, 1.54) is 11.8 Å². The van der Waals surface area contributed by atoms with Crippen LogP contribution in [0.15, 0.2) is 53.8 Å². The van der Waals surface area contributed by atoms with Crippen molar-refractivity contribution < 1.29 is 9.90 Å². The number of fused-ring (bicyclic) bond motifs is 2. The van der Waals surface area contributed by atoms with Crippen molar-refractivity contribution in [1.82, 2.24) is 14.8 Å². The number of phenols is 1. The van der Waals surface area contributed by atoms with E-state index in [1.807, 2.05) is 12.1 Å². The van der Waals surface area contributed by atoms with Crippen molar-refractivity contribution in [2.24, 2.45) is 5.92 Å². The monoisotopic (exact) mass is 354 g/mol. The minimum absolute atomic E-state index is 0.199. The van der Waals surface area contributed by atoms with Gasteiger partial charge in [-0.3, -0.25) is 4.79 Å². The first-order chi connectivity index (χ1) is 12.2. The molecule has 2 aliphatic rings. The third-order valence-electron chi connectivity index (χ3n) is 4.45. The largest absolute Gasteiger partial charge is 0.508 e. The number of nitrogens with one attached hydrogen (secondary N) is 1. The number of benzene rings is 1. The van der Waals surface area contributed by atoms with E-state index < -0.39 is 0 Å². The molecule has 2 atom stereocenters. The number of rotatable bonds is 4. The second kappa shape index (κ2) is 6.40. The van der Waals surface area contributed by atoms with Crippen molar-refractivity contribution in [2.45, 2.75) is 24.0 Å². The highest BCUT2D eigenvalue weighted by molar-refractivity contribution is 7.99. The zero-order valence-corrected chi connectivity index (χ0v) is 14.4. The second-order valence-corrected chi connectivity index (χ2v) is 7.05. The molecule has 1 aromatic heterocycles. The van der Waals surface area contributed by atoms with Crippen LogP contribution in [-0.4, -0.2) is 31.4 Å². The van der Waals surface area contributed by atoms with Gasteiger partial charge in [-0.15, -0.1) is 11.7 Å². The number of carbonyl (C=O) groups excluding carboxylic acids is 1. The van der Waals surface area contributed by atoms with Crippen molar-refractivity contribution >= 4 is 23.5 Å². The predicted octanol–water partition coefficient (Wildman–Crippen LogP) is 3.14. The van der Waals surface area contributed by atoms with Crippen molar-refractivity contribution in [3.05, 3.63) is 54.3 Å². The molecule has 4 rings (SSSR count). The summed E-state index contributed by atoms with van der Waals surface area (Å²) in [6, 6.07) is 6.69. The molecule has 1 aliphatic carbocycles. The van der Waals surface area contributed by atoms with Gasteiger partial charge in [-0.05, 0) is 24.1 Å². The molecular weight excluding hydrogens is 336 g/mol. The minimum atomic E-state index is -0.301. The standard InChI is InChI=1S/C18H18N4O2S/c1-2-10-25-18-20-17-19-13-4-3-5-14(24)15(13)16(22(17)21-18)11-6-8-12(23)9-7-11/h2,4,6-9,15-16,23H,1,3,5,10H2,(H,19,20,21). The Balaban J connectivity index is 1.82. The molecule has 0 radical (unpaired) electrons. The number of hydrogen-bond acceptors (Lipinski definition) is 6. The number of phenolic OH excluding ortho intramolecular Hbond substituents is 1. The molecule has 2 heterocycles. The Morgan fingerprint density at radius 2 is 2.20 bits per heavy atom. The smallest absolute Gasteiger partial charge is 0.227 e. The molecule has 25 heavy (non-hydrogen) atoms. The van der Waals surface area contributed by atoms with Gasteiger partial charge >= 0.3 is 0 Å². The van der Waals surface area contributed by atoms with Gasteiger partial charge in [0.1, 0.15) is 11.5 Å². The van der Waals surface area contributed by atoms with Crippen LogP contribution in [0.1, 0.15) is 24.4 Å². The number of nitrogens with zero attached hydrogens (tertiary/aromatic N) is 3. The van der Waals surface area contributed by atoms with Gasteiger partial charge in [0.2, 0.25) is 11.1 Å². The Morgan fingerprint density at radius 1 is 1.40 bits per heavy atom. The maximum Gasteiger partial charge on any atom is 0.227 e. The minimum Gasteiger partial charge on any atom is -0.508 e. The molecule has 0 bridgehead atoms. The van der Waals surface area contributed by atoms with E-state index in [1.54, 1.807) is 22.9 Å². The quantitative estimate of drug-likeness (QED) is 0.649. The fourth-order valence-electron chi connectivity index (χ4n) is 3.35. The Morgan fingerprint density at radius 3 is 2.96 bits per heavy atom. The lowest BCUT2D eigenvalue weighted by atomic mass is 9.81. The van der Waals surface area contributed by atoms with E-state index in [0.29, 0.717) is 17.5 Å². The van der Waals surface area contributed by atoms with Crippen molar-refractivity contribution in [3.8, 4) is 5.75 Å². The fourth-order valence-corrected chi connectivity index (χ4v) is 3.92. The van der Waals surface area contributed by atoms with Crippen LogP contribution in [-0.2, 0) is 4.79 Å². The molecule has 1 aromatic carbocycles. The fraction of sp³-hybridized carbons (Fsp3) is 0.278. The van der Waals surface area contributed by atoms with Crippen LogP contribution in [0.3, 0.4) is 0 Å². The molecule has 0 saturated heterocycles. The summed E-state index contributed by atoms with van der Waals surface area (Å²) in [6.07, 6.45) is 5.16. The van der Waals surface area contributed by atoms with Crippen LogP contribution in [0.4, 0.5) is 5.95 Å². The van der Waals surface area contributed by atoms with Gasteiger partial charge in [0, 0.05) is 17.9 Å². The Kier molecular flexibility index (Phi) is 4.09. The summed E-state index contributed by atoms with van der Waals surface area (Å²) >= 11 is 1.50. The number of aromatic nitrogens is 3. The summed E-state index contributed by atoms with van der Waals surface area (Å²) in [6.45, 7) is 3.72. The van der Waals surface area contributed by atoms with Gasteiger partial charge in [-0.2, -0.15) is 4.98 Å². The molecule has 1 aliphatic heterocycles. The maximum atomic E-state index is 12.7. The van der Waals surface area contributed by atoms with Crippen LogP contribution in [0.2, 0.25) is 0 Å². The molecule has 7 heteroatoms. The molecule has 2 N–H and O–H groups in total. The first kappa shape index (κ1) is 16.0. The number of allylic oxidation sites excluding steroid dienone is 2. The van der Waals surface area contributed by atoms with E-state index in [4.69, 9.17) is 0 Å². The summed E-state index contributed by atoms with van der Waals surface area (Å²) < 4.78 is 1.79. The van der Waals surface area contributed by atoms with Gasteiger partial charge < -0.3 is 10.4 Å². The van der Waals surface area contributed by atoms with Crippen molar-refractivity contribution in [1.29, 1.82) is 0 Å². The second-order valence-electron chi connectivity index (χ2n) is 6.07. The molecule has 2 unspecified atom stereocenters. The van der Waals surface area contributed by atoms with Crippen LogP contribution < -0.4 is 5.32 Å². The van der Waals surface area contributed by atoms with E-state index >= 15 is 0 Å². The molecule has 6 nitrogen and oxygen atoms in total. The lowest BCUT2D eigenvalue weighted by molar-refractivity contribution is -0.123. The first-order valence-corrected chi connectivity index (χ1v) is 9.15. The van der Waals surface area contributed by atoms with E-state index in [2.05, 4.69) is 28.1 Å². The molecule has 0 saturated carbocycles. The van der Waals surface area contributed by atoms with Gasteiger partial charge in [0.15, 0.2) is 0 Å². The number of hydrogen-bond donors (Lipinski definition) is 2.